The van der Waals surface area contributed by atoms with Gasteiger partial charge in [-0.25, -0.2) is 0 Å². The summed E-state index contributed by atoms with van der Waals surface area (Å²) in [6, 6.07) is 0. The van der Waals surface area contributed by atoms with E-state index < -0.39 is 6.10 Å². The molecule has 19 heavy (non-hydrogen) atoms. The van der Waals surface area contributed by atoms with Crippen molar-refractivity contribution in [1.82, 2.24) is 9.78 Å². The van der Waals surface area contributed by atoms with E-state index in [0.29, 0.717) is 15.5 Å². The lowest BCUT2D eigenvalue weighted by Gasteiger charge is -2.34. The maximum atomic E-state index is 10.6. The molecule has 0 aliphatic carbocycles. The molecule has 1 fully saturated rings. The molecule has 4 atom stereocenters. The first-order valence-electron chi connectivity index (χ1n) is 6.71. The van der Waals surface area contributed by atoms with Crippen molar-refractivity contribution in [2.45, 2.75) is 55.6 Å². The molecular weight excluding hydrogens is 300 g/mol. The molecule has 1 saturated heterocycles. The van der Waals surface area contributed by atoms with Crippen LogP contribution in [0.1, 0.15) is 39.0 Å². The van der Waals surface area contributed by atoms with Crippen molar-refractivity contribution >= 4 is 35.1 Å². The van der Waals surface area contributed by atoms with Gasteiger partial charge in [0.2, 0.25) is 0 Å². The molecule has 4 unspecified atom stereocenters. The zero-order valence-electron chi connectivity index (χ0n) is 11.5. The van der Waals surface area contributed by atoms with Crippen LogP contribution in [0.5, 0.6) is 0 Å². The van der Waals surface area contributed by atoms with Crippen LogP contribution < -0.4 is 0 Å². The van der Waals surface area contributed by atoms with Crippen LogP contribution in [0.4, 0.5) is 0 Å². The smallest absolute Gasteiger partial charge is 0.110 e. The fraction of sp³-hybridized carbons (Fsp3) is 0.769. The number of aromatic nitrogens is 2. The Morgan fingerprint density at radius 1 is 1.53 bits per heavy atom. The second-order valence-corrected chi connectivity index (χ2v) is 8.40. The minimum absolute atomic E-state index is 0.195. The van der Waals surface area contributed by atoms with Crippen LogP contribution in [0, 0.1) is 0 Å². The summed E-state index contributed by atoms with van der Waals surface area (Å²) in [5, 5.41) is 16.9. The van der Waals surface area contributed by atoms with Gasteiger partial charge in [-0.05, 0) is 6.42 Å². The molecule has 0 bridgehead atoms. The third kappa shape index (κ3) is 3.43. The Hall–Kier alpha value is 0.160. The lowest BCUT2D eigenvalue weighted by Crippen LogP contribution is -2.31. The monoisotopic (exact) mass is 320 g/mol. The van der Waals surface area contributed by atoms with Crippen molar-refractivity contribution in [1.29, 1.82) is 0 Å². The highest BCUT2D eigenvalue weighted by Crippen LogP contribution is 2.42. The van der Waals surface area contributed by atoms with E-state index in [0.717, 1.165) is 24.4 Å². The standard InChI is InChI=1S/C13H21ClN2OS2/c1-4-5-16-12(10(14)6-15-16)13(17)11-7-18-8(2)9(3)19-11/h6,8-9,11,13,17H,4-5,7H2,1-3H3. The fourth-order valence-corrected chi connectivity index (χ4v) is 5.43. The summed E-state index contributed by atoms with van der Waals surface area (Å²) >= 11 is 10.00. The lowest BCUT2D eigenvalue weighted by atomic mass is 10.2. The molecule has 2 heterocycles. The second-order valence-electron chi connectivity index (χ2n) is 4.96. The van der Waals surface area contributed by atoms with Gasteiger partial charge in [-0.3, -0.25) is 4.68 Å². The van der Waals surface area contributed by atoms with Crippen LogP contribution in [0.2, 0.25) is 5.02 Å². The lowest BCUT2D eigenvalue weighted by molar-refractivity contribution is 0.168. The van der Waals surface area contributed by atoms with Crippen molar-refractivity contribution in [3.63, 3.8) is 0 Å². The van der Waals surface area contributed by atoms with Crippen molar-refractivity contribution in [2.24, 2.45) is 0 Å². The summed E-state index contributed by atoms with van der Waals surface area (Å²) < 4.78 is 1.85. The van der Waals surface area contributed by atoms with Crippen LogP contribution in [-0.2, 0) is 6.54 Å². The van der Waals surface area contributed by atoms with Crippen molar-refractivity contribution in [3.05, 3.63) is 16.9 Å². The quantitative estimate of drug-likeness (QED) is 0.919. The van der Waals surface area contributed by atoms with E-state index in [1.807, 2.05) is 28.2 Å². The summed E-state index contributed by atoms with van der Waals surface area (Å²) in [6.07, 6.45) is 2.09. The average molecular weight is 321 g/mol. The van der Waals surface area contributed by atoms with Crippen LogP contribution in [0.3, 0.4) is 0 Å². The van der Waals surface area contributed by atoms with Gasteiger partial charge in [0.15, 0.2) is 0 Å². The Morgan fingerprint density at radius 2 is 2.26 bits per heavy atom. The molecule has 1 aromatic rings. The van der Waals surface area contributed by atoms with Gasteiger partial charge in [0.1, 0.15) is 6.10 Å². The van der Waals surface area contributed by atoms with Gasteiger partial charge in [-0.15, -0.1) is 0 Å². The highest BCUT2D eigenvalue weighted by Gasteiger charge is 2.33. The summed E-state index contributed by atoms with van der Waals surface area (Å²) in [5.41, 5.74) is 0.781. The molecule has 0 spiro atoms. The SMILES string of the molecule is CCCn1ncc(Cl)c1C(O)C1CSC(C)C(C)S1. The maximum Gasteiger partial charge on any atom is 0.110 e. The van der Waals surface area contributed by atoms with E-state index >= 15 is 0 Å². The number of rotatable bonds is 4. The average Bonchev–Trinajstić information content (AvgIpc) is 2.74. The molecule has 0 saturated carbocycles. The Kier molecular flexibility index (Phi) is 5.52. The molecule has 2 rings (SSSR count). The topological polar surface area (TPSA) is 38.0 Å². The first-order valence-corrected chi connectivity index (χ1v) is 9.07. The summed E-state index contributed by atoms with van der Waals surface area (Å²) in [5.74, 6) is 0.963. The Labute approximate surface area is 128 Å². The van der Waals surface area contributed by atoms with E-state index in [9.17, 15) is 5.11 Å². The van der Waals surface area contributed by atoms with Crippen LogP contribution in [0.15, 0.2) is 6.20 Å². The molecule has 0 amide bonds. The molecule has 0 radical (unpaired) electrons. The molecule has 1 N–H and O–H groups in total. The number of nitrogens with zero attached hydrogens (tertiary/aromatic N) is 2. The van der Waals surface area contributed by atoms with Crippen LogP contribution in [0.25, 0.3) is 0 Å². The van der Waals surface area contributed by atoms with E-state index in [1.165, 1.54) is 0 Å². The number of halogens is 1. The zero-order chi connectivity index (χ0) is 14.0. The largest absolute Gasteiger partial charge is 0.386 e. The number of aliphatic hydroxyl groups excluding tert-OH is 1. The summed E-state index contributed by atoms with van der Waals surface area (Å²) in [6.45, 7) is 7.38. The van der Waals surface area contributed by atoms with Crippen LogP contribution in [-0.4, -0.2) is 36.4 Å². The summed E-state index contributed by atoms with van der Waals surface area (Å²) in [7, 11) is 0. The zero-order valence-corrected chi connectivity index (χ0v) is 13.9. The van der Waals surface area contributed by atoms with Gasteiger partial charge >= 0.3 is 0 Å². The number of hydrogen-bond acceptors (Lipinski definition) is 4. The Bertz CT molecular complexity index is 427. The third-order valence-electron chi connectivity index (χ3n) is 3.47. The van der Waals surface area contributed by atoms with Crippen molar-refractivity contribution < 1.29 is 5.11 Å². The highest BCUT2D eigenvalue weighted by atomic mass is 35.5. The van der Waals surface area contributed by atoms with Crippen LogP contribution >= 0.6 is 35.1 Å². The van der Waals surface area contributed by atoms with E-state index in [1.54, 1.807) is 6.20 Å². The first-order chi connectivity index (χ1) is 9.04. The minimum Gasteiger partial charge on any atom is -0.386 e. The van der Waals surface area contributed by atoms with Gasteiger partial charge in [0, 0.05) is 28.0 Å². The molecule has 1 aliphatic heterocycles. The van der Waals surface area contributed by atoms with E-state index in [-0.39, 0.29) is 5.25 Å². The third-order valence-corrected chi connectivity index (χ3v) is 7.25. The number of hydrogen-bond donors (Lipinski definition) is 1. The van der Waals surface area contributed by atoms with Gasteiger partial charge < -0.3 is 5.11 Å². The molecule has 1 aromatic heterocycles. The van der Waals surface area contributed by atoms with E-state index in [4.69, 9.17) is 11.6 Å². The number of thioether (sulfide) groups is 2. The van der Waals surface area contributed by atoms with Gasteiger partial charge in [-0.2, -0.15) is 28.6 Å². The van der Waals surface area contributed by atoms with E-state index in [2.05, 4.69) is 25.9 Å². The molecule has 6 heteroatoms. The number of aliphatic hydroxyl groups is 1. The predicted octanol–water partition coefficient (Wildman–Crippen LogP) is 3.61. The fourth-order valence-electron chi connectivity index (χ4n) is 2.21. The number of aryl methyl sites for hydroxylation is 1. The Morgan fingerprint density at radius 3 is 2.89 bits per heavy atom. The predicted molar refractivity (Wildman–Crippen MR) is 85.2 cm³/mol. The Balaban J connectivity index is 2.15. The summed E-state index contributed by atoms with van der Waals surface area (Å²) in [4.78, 5) is 0. The molecule has 1 aliphatic rings. The molecular formula is C13H21ClN2OS2. The van der Waals surface area contributed by atoms with Gasteiger partial charge in [0.05, 0.1) is 16.9 Å². The second kappa shape index (κ2) is 6.74. The van der Waals surface area contributed by atoms with Gasteiger partial charge in [0.25, 0.3) is 0 Å². The molecule has 108 valence electrons. The highest BCUT2D eigenvalue weighted by molar-refractivity contribution is 8.07. The molecule has 3 nitrogen and oxygen atoms in total. The van der Waals surface area contributed by atoms with Crippen molar-refractivity contribution in [2.75, 3.05) is 5.75 Å². The maximum absolute atomic E-state index is 10.6. The normalized spacial score (nSPS) is 29.4. The first kappa shape index (κ1) is 15.5. The van der Waals surface area contributed by atoms with Crippen molar-refractivity contribution in [3.8, 4) is 0 Å². The molecule has 0 aromatic carbocycles. The minimum atomic E-state index is -0.533. The van der Waals surface area contributed by atoms with Gasteiger partial charge in [-0.1, -0.05) is 32.4 Å².